The lowest BCUT2D eigenvalue weighted by atomic mass is 10.1. The zero-order valence-electron chi connectivity index (χ0n) is 18.5. The maximum Gasteiger partial charge on any atom is 0.0730 e. The van der Waals surface area contributed by atoms with Gasteiger partial charge in [0.15, 0.2) is 0 Å². The first kappa shape index (κ1) is 22.5. The van der Waals surface area contributed by atoms with Crippen molar-refractivity contribution < 1.29 is 0 Å². The SMILES string of the molecule is CC(C)CNCCCNCCNCCCNc1c2ccccc2nc2ccccc12. The molecule has 5 heteroatoms. The Morgan fingerprint density at radius 1 is 0.667 bits per heavy atom. The van der Waals surface area contributed by atoms with Gasteiger partial charge in [0.05, 0.1) is 16.7 Å². The highest BCUT2D eigenvalue weighted by molar-refractivity contribution is 6.07. The largest absolute Gasteiger partial charge is 0.384 e. The molecule has 0 aliphatic rings. The van der Waals surface area contributed by atoms with Crippen LogP contribution >= 0.6 is 0 Å². The molecule has 0 unspecified atom stereocenters. The number of anilines is 1. The van der Waals surface area contributed by atoms with Crippen LogP contribution in [0.3, 0.4) is 0 Å². The summed E-state index contributed by atoms with van der Waals surface area (Å²) in [4.78, 5) is 4.79. The van der Waals surface area contributed by atoms with Crippen LogP contribution in [0.15, 0.2) is 48.5 Å². The predicted octanol–water partition coefficient (Wildman–Crippen LogP) is 4.00. The number of hydrogen-bond donors (Lipinski definition) is 4. The van der Waals surface area contributed by atoms with Gasteiger partial charge in [-0.25, -0.2) is 4.98 Å². The molecule has 0 saturated heterocycles. The number of benzene rings is 2. The third-order valence-electron chi connectivity index (χ3n) is 5.16. The molecular formula is C25H37N5. The number of pyridine rings is 1. The van der Waals surface area contributed by atoms with E-state index in [1.807, 2.05) is 12.1 Å². The monoisotopic (exact) mass is 407 g/mol. The second-order valence-corrected chi connectivity index (χ2v) is 8.25. The number of rotatable bonds is 14. The molecule has 0 aliphatic heterocycles. The van der Waals surface area contributed by atoms with Crippen LogP contribution in [0, 0.1) is 5.92 Å². The van der Waals surface area contributed by atoms with E-state index in [0.717, 1.165) is 69.2 Å². The fraction of sp³-hybridized carbons (Fsp3) is 0.480. The summed E-state index contributed by atoms with van der Waals surface area (Å²) in [5, 5.41) is 16.6. The molecule has 0 bridgehead atoms. The Balaban J connectivity index is 1.33. The van der Waals surface area contributed by atoms with Gasteiger partial charge in [0.25, 0.3) is 0 Å². The number of para-hydroxylation sites is 2. The van der Waals surface area contributed by atoms with Crippen molar-refractivity contribution in [1.29, 1.82) is 0 Å². The van der Waals surface area contributed by atoms with Crippen LogP contribution < -0.4 is 21.3 Å². The summed E-state index contributed by atoms with van der Waals surface area (Å²) in [5.41, 5.74) is 3.29. The van der Waals surface area contributed by atoms with E-state index in [1.165, 1.54) is 22.9 Å². The molecule has 0 atom stereocenters. The van der Waals surface area contributed by atoms with Crippen LogP contribution in [0.1, 0.15) is 26.7 Å². The summed E-state index contributed by atoms with van der Waals surface area (Å²) in [6, 6.07) is 16.7. The molecule has 0 aliphatic carbocycles. The molecule has 1 aromatic heterocycles. The molecule has 0 spiro atoms. The molecule has 4 N–H and O–H groups in total. The summed E-state index contributed by atoms with van der Waals surface area (Å²) in [7, 11) is 0. The van der Waals surface area contributed by atoms with Gasteiger partial charge in [0.1, 0.15) is 0 Å². The molecule has 162 valence electrons. The minimum absolute atomic E-state index is 0.729. The lowest BCUT2D eigenvalue weighted by molar-refractivity contribution is 0.526. The van der Waals surface area contributed by atoms with Gasteiger partial charge < -0.3 is 21.3 Å². The maximum atomic E-state index is 4.79. The van der Waals surface area contributed by atoms with E-state index in [2.05, 4.69) is 71.5 Å². The van der Waals surface area contributed by atoms with Gasteiger partial charge >= 0.3 is 0 Å². The molecule has 0 saturated carbocycles. The number of nitrogens with zero attached hydrogens (tertiary/aromatic N) is 1. The third-order valence-corrected chi connectivity index (χ3v) is 5.16. The van der Waals surface area contributed by atoms with Crippen molar-refractivity contribution >= 4 is 27.5 Å². The number of fused-ring (bicyclic) bond motifs is 2. The fourth-order valence-corrected chi connectivity index (χ4v) is 3.61. The molecule has 30 heavy (non-hydrogen) atoms. The molecule has 0 amide bonds. The Hall–Kier alpha value is -2.21. The molecule has 3 aromatic rings. The van der Waals surface area contributed by atoms with Gasteiger partial charge in [-0.2, -0.15) is 0 Å². The lowest BCUT2D eigenvalue weighted by Crippen LogP contribution is -2.30. The first-order chi connectivity index (χ1) is 14.8. The van der Waals surface area contributed by atoms with Gasteiger partial charge in [-0.05, 0) is 57.1 Å². The molecule has 0 radical (unpaired) electrons. The number of aromatic nitrogens is 1. The molecule has 1 heterocycles. The summed E-state index contributed by atoms with van der Waals surface area (Å²) in [6.45, 7) is 11.8. The van der Waals surface area contributed by atoms with Gasteiger partial charge in [-0.3, -0.25) is 0 Å². The summed E-state index contributed by atoms with van der Waals surface area (Å²) < 4.78 is 0. The van der Waals surface area contributed by atoms with E-state index in [4.69, 9.17) is 4.98 Å². The highest BCUT2D eigenvalue weighted by Crippen LogP contribution is 2.30. The Morgan fingerprint density at radius 2 is 1.20 bits per heavy atom. The zero-order valence-corrected chi connectivity index (χ0v) is 18.5. The average molecular weight is 408 g/mol. The van der Waals surface area contributed by atoms with Gasteiger partial charge in [-0.1, -0.05) is 50.2 Å². The van der Waals surface area contributed by atoms with Crippen LogP contribution in [0.4, 0.5) is 5.69 Å². The Labute approximate surface area is 181 Å². The summed E-state index contributed by atoms with van der Waals surface area (Å²) in [6.07, 6.45) is 2.27. The van der Waals surface area contributed by atoms with Crippen molar-refractivity contribution in [3.63, 3.8) is 0 Å². The fourth-order valence-electron chi connectivity index (χ4n) is 3.61. The Morgan fingerprint density at radius 3 is 1.80 bits per heavy atom. The highest BCUT2D eigenvalue weighted by atomic mass is 15.0. The van der Waals surface area contributed by atoms with Crippen molar-refractivity contribution in [2.24, 2.45) is 5.92 Å². The topological polar surface area (TPSA) is 61.0 Å². The van der Waals surface area contributed by atoms with E-state index in [-0.39, 0.29) is 0 Å². The Kier molecular flexibility index (Phi) is 9.35. The van der Waals surface area contributed by atoms with Crippen LogP contribution in [0.5, 0.6) is 0 Å². The minimum atomic E-state index is 0.729. The van der Waals surface area contributed by atoms with E-state index in [1.54, 1.807) is 0 Å². The van der Waals surface area contributed by atoms with Crippen LogP contribution in [0.25, 0.3) is 21.8 Å². The quantitative estimate of drug-likeness (QED) is 0.240. The second kappa shape index (κ2) is 12.5. The van der Waals surface area contributed by atoms with Gasteiger partial charge in [0, 0.05) is 30.4 Å². The van der Waals surface area contributed by atoms with Crippen LogP contribution in [-0.4, -0.2) is 50.8 Å². The predicted molar refractivity (Wildman–Crippen MR) is 130 cm³/mol. The highest BCUT2D eigenvalue weighted by Gasteiger charge is 2.07. The van der Waals surface area contributed by atoms with Crippen molar-refractivity contribution in [1.82, 2.24) is 20.9 Å². The van der Waals surface area contributed by atoms with E-state index in [0.29, 0.717) is 0 Å². The van der Waals surface area contributed by atoms with Crippen LogP contribution in [0.2, 0.25) is 0 Å². The second-order valence-electron chi connectivity index (χ2n) is 8.25. The van der Waals surface area contributed by atoms with Crippen molar-refractivity contribution in [3.8, 4) is 0 Å². The smallest absolute Gasteiger partial charge is 0.0730 e. The molecule has 2 aromatic carbocycles. The van der Waals surface area contributed by atoms with E-state index < -0.39 is 0 Å². The van der Waals surface area contributed by atoms with Crippen molar-refractivity contribution in [2.75, 3.05) is 51.1 Å². The van der Waals surface area contributed by atoms with E-state index >= 15 is 0 Å². The van der Waals surface area contributed by atoms with Crippen LogP contribution in [-0.2, 0) is 0 Å². The number of nitrogens with one attached hydrogen (secondary N) is 4. The Bertz CT molecular complexity index is 839. The van der Waals surface area contributed by atoms with Gasteiger partial charge in [-0.15, -0.1) is 0 Å². The summed E-state index contributed by atoms with van der Waals surface area (Å²) >= 11 is 0. The van der Waals surface area contributed by atoms with Gasteiger partial charge in [0.2, 0.25) is 0 Å². The van der Waals surface area contributed by atoms with Crippen molar-refractivity contribution in [2.45, 2.75) is 26.7 Å². The standard InChI is InChI=1S/C25H37N5/c1-20(2)19-28-15-7-13-26-17-18-27-14-8-16-29-25-21-9-3-5-11-23(21)30-24-12-6-4-10-22(24)25/h3-6,9-12,20,26-28H,7-8,13-19H2,1-2H3,(H,29,30). The van der Waals surface area contributed by atoms with Crippen molar-refractivity contribution in [3.05, 3.63) is 48.5 Å². The lowest BCUT2D eigenvalue weighted by Gasteiger charge is -2.13. The first-order valence-corrected chi connectivity index (χ1v) is 11.4. The summed E-state index contributed by atoms with van der Waals surface area (Å²) in [5.74, 6) is 0.729. The first-order valence-electron chi connectivity index (χ1n) is 11.4. The number of hydrogen-bond acceptors (Lipinski definition) is 5. The average Bonchev–Trinajstić information content (AvgIpc) is 2.76. The zero-order chi connectivity index (χ0) is 21.0. The third kappa shape index (κ3) is 6.94. The maximum absolute atomic E-state index is 4.79. The molecule has 0 fully saturated rings. The van der Waals surface area contributed by atoms with E-state index in [9.17, 15) is 0 Å². The molecule has 3 rings (SSSR count). The normalized spacial score (nSPS) is 11.6. The molecule has 5 nitrogen and oxygen atoms in total. The minimum Gasteiger partial charge on any atom is -0.384 e. The molecular weight excluding hydrogens is 370 g/mol.